The number of pyridine rings is 2. The molecule has 0 radical (unpaired) electrons. The van der Waals surface area contributed by atoms with E-state index in [4.69, 9.17) is 5.26 Å². The van der Waals surface area contributed by atoms with E-state index in [1.165, 1.54) is 30.9 Å². The second-order valence-corrected chi connectivity index (χ2v) is 7.25. The smallest absolute Gasteiger partial charge is 0.266 e. The molecule has 1 aliphatic rings. The SMILES string of the molecule is N#Cc1cc2c(=O)n(C[C@H](c3ccccc3)N3CCCCC3)ccc2[nH]c1=O. The van der Waals surface area contributed by atoms with Crippen molar-refractivity contribution in [1.29, 1.82) is 5.26 Å². The van der Waals surface area contributed by atoms with Crippen molar-refractivity contribution in [3.8, 4) is 6.07 Å². The van der Waals surface area contributed by atoms with Crippen molar-refractivity contribution in [2.24, 2.45) is 0 Å². The zero-order valence-corrected chi connectivity index (χ0v) is 15.6. The minimum absolute atomic E-state index is 0.0435. The van der Waals surface area contributed by atoms with Crippen molar-refractivity contribution in [2.45, 2.75) is 31.8 Å². The van der Waals surface area contributed by atoms with Gasteiger partial charge in [0.25, 0.3) is 11.1 Å². The summed E-state index contributed by atoms with van der Waals surface area (Å²) in [5.74, 6) is 0. The van der Waals surface area contributed by atoms with Crippen LogP contribution in [0.2, 0.25) is 0 Å². The molecule has 1 atom stereocenters. The Balaban J connectivity index is 1.76. The second kappa shape index (κ2) is 7.83. The maximum Gasteiger partial charge on any atom is 0.266 e. The second-order valence-electron chi connectivity index (χ2n) is 7.25. The van der Waals surface area contributed by atoms with E-state index in [-0.39, 0.29) is 17.2 Å². The number of likely N-dealkylation sites (tertiary alicyclic amines) is 1. The summed E-state index contributed by atoms with van der Waals surface area (Å²) in [7, 11) is 0. The molecule has 3 aromatic rings. The molecule has 0 bridgehead atoms. The van der Waals surface area contributed by atoms with Crippen LogP contribution < -0.4 is 11.1 Å². The molecule has 2 aromatic heterocycles. The summed E-state index contributed by atoms with van der Waals surface area (Å²) in [6.45, 7) is 2.57. The van der Waals surface area contributed by atoms with Gasteiger partial charge in [0.2, 0.25) is 0 Å². The van der Waals surface area contributed by atoms with E-state index in [1.54, 1.807) is 16.8 Å². The van der Waals surface area contributed by atoms with Crippen molar-refractivity contribution in [3.05, 3.63) is 80.5 Å². The standard InChI is InChI=1S/C22H22N4O2/c23-14-17-13-18-19(24-21(17)27)9-12-26(22(18)28)15-20(16-7-3-1-4-8-16)25-10-5-2-6-11-25/h1,3-4,7-9,12-13,20H,2,5-6,10-11,15H2,(H,24,27)/t20-/m1/s1. The van der Waals surface area contributed by atoms with E-state index in [2.05, 4.69) is 22.0 Å². The highest BCUT2D eigenvalue weighted by Crippen LogP contribution is 2.26. The Bertz CT molecular complexity index is 1140. The third-order valence-corrected chi connectivity index (χ3v) is 5.49. The monoisotopic (exact) mass is 374 g/mol. The van der Waals surface area contributed by atoms with Gasteiger partial charge in [0.1, 0.15) is 11.6 Å². The quantitative estimate of drug-likeness (QED) is 0.761. The number of piperidine rings is 1. The van der Waals surface area contributed by atoms with Crippen LogP contribution in [0.5, 0.6) is 0 Å². The first-order chi connectivity index (χ1) is 13.7. The van der Waals surface area contributed by atoms with E-state index in [0.717, 1.165) is 13.1 Å². The summed E-state index contributed by atoms with van der Waals surface area (Å²) in [6.07, 6.45) is 5.32. The fraction of sp³-hybridized carbons (Fsp3) is 0.318. The Morgan fingerprint density at radius 2 is 1.82 bits per heavy atom. The summed E-state index contributed by atoms with van der Waals surface area (Å²) in [5.41, 5.74) is 0.943. The van der Waals surface area contributed by atoms with E-state index in [9.17, 15) is 9.59 Å². The third-order valence-electron chi connectivity index (χ3n) is 5.49. The molecule has 1 N–H and O–H groups in total. The van der Waals surface area contributed by atoms with Crippen LogP contribution in [0.15, 0.2) is 58.3 Å². The number of hydrogen-bond acceptors (Lipinski definition) is 4. The van der Waals surface area contributed by atoms with Crippen molar-refractivity contribution in [2.75, 3.05) is 13.1 Å². The van der Waals surface area contributed by atoms with Crippen LogP contribution in [0.1, 0.15) is 36.4 Å². The molecular weight excluding hydrogens is 352 g/mol. The van der Waals surface area contributed by atoms with Gasteiger partial charge < -0.3 is 9.55 Å². The van der Waals surface area contributed by atoms with Crippen molar-refractivity contribution < 1.29 is 0 Å². The topological polar surface area (TPSA) is 81.9 Å². The van der Waals surface area contributed by atoms with Crippen LogP contribution in [0.4, 0.5) is 0 Å². The summed E-state index contributed by atoms with van der Waals surface area (Å²) < 4.78 is 1.69. The minimum atomic E-state index is -0.470. The van der Waals surface area contributed by atoms with E-state index in [0.29, 0.717) is 17.4 Å². The maximum absolute atomic E-state index is 13.1. The molecule has 1 aromatic carbocycles. The summed E-state index contributed by atoms with van der Waals surface area (Å²) in [6, 6.07) is 15.4. The number of nitrogens with one attached hydrogen (secondary N) is 1. The number of fused-ring (bicyclic) bond motifs is 1. The summed E-state index contributed by atoms with van der Waals surface area (Å²) in [4.78, 5) is 30.0. The number of hydrogen-bond donors (Lipinski definition) is 1. The highest BCUT2D eigenvalue weighted by molar-refractivity contribution is 5.78. The van der Waals surface area contributed by atoms with Gasteiger partial charge in [0.05, 0.1) is 16.9 Å². The number of nitrogens with zero attached hydrogens (tertiary/aromatic N) is 3. The molecule has 3 heterocycles. The molecule has 0 spiro atoms. The molecule has 0 saturated carbocycles. The van der Waals surface area contributed by atoms with Gasteiger partial charge in [-0.15, -0.1) is 0 Å². The minimum Gasteiger partial charge on any atom is -0.321 e. The lowest BCUT2D eigenvalue weighted by Gasteiger charge is -2.35. The predicted octanol–water partition coefficient (Wildman–Crippen LogP) is 2.79. The molecule has 6 heteroatoms. The van der Waals surface area contributed by atoms with Gasteiger partial charge in [-0.1, -0.05) is 36.8 Å². The number of benzene rings is 1. The predicted molar refractivity (Wildman–Crippen MR) is 108 cm³/mol. The van der Waals surface area contributed by atoms with Gasteiger partial charge in [-0.05, 0) is 43.6 Å². The van der Waals surface area contributed by atoms with E-state index in [1.807, 2.05) is 24.3 Å². The van der Waals surface area contributed by atoms with Crippen molar-refractivity contribution in [3.63, 3.8) is 0 Å². The molecule has 1 fully saturated rings. The van der Waals surface area contributed by atoms with Gasteiger partial charge in [0, 0.05) is 12.7 Å². The number of aromatic nitrogens is 2. The van der Waals surface area contributed by atoms with Crippen LogP contribution in [0.25, 0.3) is 10.9 Å². The van der Waals surface area contributed by atoms with Gasteiger partial charge >= 0.3 is 0 Å². The molecular formula is C22H22N4O2. The number of aromatic amines is 1. The summed E-state index contributed by atoms with van der Waals surface area (Å²) in [5, 5.41) is 9.48. The highest BCUT2D eigenvalue weighted by Gasteiger charge is 2.23. The Hall–Kier alpha value is -3.17. The first-order valence-electron chi connectivity index (χ1n) is 9.63. The first-order valence-corrected chi connectivity index (χ1v) is 9.63. The Labute approximate surface area is 162 Å². The van der Waals surface area contributed by atoms with E-state index < -0.39 is 5.56 Å². The number of rotatable bonds is 4. The zero-order chi connectivity index (χ0) is 19.5. The average molecular weight is 374 g/mol. The van der Waals surface area contributed by atoms with Gasteiger partial charge in [-0.2, -0.15) is 5.26 Å². The molecule has 0 aliphatic carbocycles. The van der Waals surface area contributed by atoms with Crippen molar-refractivity contribution in [1.82, 2.24) is 14.5 Å². The average Bonchev–Trinajstić information content (AvgIpc) is 2.74. The molecule has 6 nitrogen and oxygen atoms in total. The molecule has 1 aliphatic heterocycles. The Kier molecular flexibility index (Phi) is 5.09. The van der Waals surface area contributed by atoms with Gasteiger partial charge in [-0.25, -0.2) is 0 Å². The first kappa shape index (κ1) is 18.2. The molecule has 28 heavy (non-hydrogen) atoms. The Morgan fingerprint density at radius 1 is 1.07 bits per heavy atom. The van der Waals surface area contributed by atoms with Gasteiger partial charge in [-0.3, -0.25) is 14.5 Å². The van der Waals surface area contributed by atoms with E-state index >= 15 is 0 Å². The van der Waals surface area contributed by atoms with Crippen molar-refractivity contribution >= 4 is 10.9 Å². The van der Waals surface area contributed by atoms with Crippen LogP contribution in [0, 0.1) is 11.3 Å². The lowest BCUT2D eigenvalue weighted by molar-refractivity contribution is 0.148. The molecule has 142 valence electrons. The molecule has 4 rings (SSSR count). The van der Waals surface area contributed by atoms with Crippen LogP contribution in [-0.2, 0) is 6.54 Å². The fourth-order valence-electron chi connectivity index (χ4n) is 3.99. The number of H-pyrrole nitrogens is 1. The van der Waals surface area contributed by atoms with Crippen LogP contribution in [0.3, 0.4) is 0 Å². The highest BCUT2D eigenvalue weighted by atomic mass is 16.1. The lowest BCUT2D eigenvalue weighted by atomic mass is 10.0. The largest absolute Gasteiger partial charge is 0.321 e. The third kappa shape index (κ3) is 3.49. The van der Waals surface area contributed by atoms with Crippen LogP contribution >= 0.6 is 0 Å². The zero-order valence-electron chi connectivity index (χ0n) is 15.6. The Morgan fingerprint density at radius 3 is 2.54 bits per heavy atom. The molecule has 0 unspecified atom stereocenters. The van der Waals surface area contributed by atoms with Crippen LogP contribution in [-0.4, -0.2) is 27.5 Å². The number of nitriles is 1. The maximum atomic E-state index is 13.1. The summed E-state index contributed by atoms with van der Waals surface area (Å²) >= 11 is 0. The normalized spacial score (nSPS) is 16.0. The fourth-order valence-corrected chi connectivity index (χ4v) is 3.99. The molecule has 0 amide bonds. The lowest BCUT2D eigenvalue weighted by Crippen LogP contribution is -2.37. The molecule has 1 saturated heterocycles. The van der Waals surface area contributed by atoms with Gasteiger partial charge in [0.15, 0.2) is 0 Å².